The van der Waals surface area contributed by atoms with Gasteiger partial charge in [-0.1, -0.05) is 12.1 Å². The summed E-state index contributed by atoms with van der Waals surface area (Å²) in [6.07, 6.45) is 2.01. The number of nitrogens with one attached hydrogen (secondary N) is 2. The van der Waals surface area contributed by atoms with E-state index in [1.54, 1.807) is 18.4 Å². The molecule has 0 fully saturated rings. The lowest BCUT2D eigenvalue weighted by Crippen LogP contribution is -2.37. The zero-order valence-corrected chi connectivity index (χ0v) is 20.9. The quantitative estimate of drug-likeness (QED) is 0.198. The van der Waals surface area contributed by atoms with Gasteiger partial charge >= 0.3 is 0 Å². The summed E-state index contributed by atoms with van der Waals surface area (Å²) >= 11 is 1.73. The summed E-state index contributed by atoms with van der Waals surface area (Å²) in [5.41, 5.74) is 3.34. The highest BCUT2D eigenvalue weighted by atomic mass is 127. The highest BCUT2D eigenvalue weighted by Gasteiger charge is 2.06. The monoisotopic (exact) mass is 532 g/mol. The molecule has 0 unspecified atom stereocenters. The number of methoxy groups -OCH3 is 1. The van der Waals surface area contributed by atoms with Gasteiger partial charge in [0.2, 0.25) is 0 Å². The Labute approximate surface area is 195 Å². The van der Waals surface area contributed by atoms with Gasteiger partial charge in [-0.3, -0.25) is 0 Å². The molecule has 0 aliphatic heterocycles. The largest absolute Gasteiger partial charge is 0.491 e. The van der Waals surface area contributed by atoms with E-state index in [9.17, 15) is 0 Å². The van der Waals surface area contributed by atoms with Gasteiger partial charge in [0.1, 0.15) is 12.4 Å². The van der Waals surface area contributed by atoms with Crippen LogP contribution >= 0.6 is 35.3 Å². The molecule has 0 atom stereocenters. The molecule has 0 saturated heterocycles. The van der Waals surface area contributed by atoms with E-state index in [0.717, 1.165) is 48.9 Å². The number of hydrogen-bond donors (Lipinski definition) is 2. The Morgan fingerprint density at radius 1 is 1.21 bits per heavy atom. The van der Waals surface area contributed by atoms with Gasteiger partial charge < -0.3 is 20.1 Å². The number of hydrogen-bond acceptors (Lipinski definition) is 5. The summed E-state index contributed by atoms with van der Waals surface area (Å²) in [6, 6.07) is 6.22. The van der Waals surface area contributed by atoms with Crippen LogP contribution in [-0.2, 0) is 17.7 Å². The van der Waals surface area contributed by atoms with Gasteiger partial charge in [-0.25, -0.2) is 9.98 Å². The Balaban J connectivity index is 0.00000420. The Hall–Kier alpha value is -1.39. The molecule has 0 aliphatic rings. The average Bonchev–Trinajstić information content (AvgIpc) is 3.09. The van der Waals surface area contributed by atoms with Crippen LogP contribution in [0.5, 0.6) is 5.75 Å². The van der Waals surface area contributed by atoms with Crippen molar-refractivity contribution in [2.75, 3.05) is 33.4 Å². The third-order valence-corrected chi connectivity index (χ3v) is 5.07. The molecule has 2 aromatic rings. The van der Waals surface area contributed by atoms with Crippen molar-refractivity contribution in [3.8, 4) is 5.75 Å². The summed E-state index contributed by atoms with van der Waals surface area (Å²) < 4.78 is 10.9. The molecule has 0 radical (unpaired) electrons. The summed E-state index contributed by atoms with van der Waals surface area (Å²) in [7, 11) is 1.68. The van der Waals surface area contributed by atoms with E-state index in [-0.39, 0.29) is 24.0 Å². The number of nitrogens with zero attached hydrogens (tertiary/aromatic N) is 2. The smallest absolute Gasteiger partial charge is 0.191 e. The minimum absolute atomic E-state index is 0. The molecule has 29 heavy (non-hydrogen) atoms. The van der Waals surface area contributed by atoms with Gasteiger partial charge in [0.25, 0.3) is 0 Å². The van der Waals surface area contributed by atoms with Crippen LogP contribution < -0.4 is 15.4 Å². The number of rotatable bonds is 11. The summed E-state index contributed by atoms with van der Waals surface area (Å²) in [5, 5.41) is 10.0. The lowest BCUT2D eigenvalue weighted by atomic mass is 10.1. The zero-order chi connectivity index (χ0) is 20.2. The number of halogens is 1. The van der Waals surface area contributed by atoms with Crippen molar-refractivity contribution >= 4 is 41.3 Å². The lowest BCUT2D eigenvalue weighted by molar-refractivity contribution is 0.145. The first-order valence-corrected chi connectivity index (χ1v) is 10.6. The fourth-order valence-electron chi connectivity index (χ4n) is 2.63. The van der Waals surface area contributed by atoms with E-state index < -0.39 is 0 Å². The van der Waals surface area contributed by atoms with Crippen molar-refractivity contribution in [2.24, 2.45) is 4.99 Å². The molecule has 0 amide bonds. The van der Waals surface area contributed by atoms with Crippen LogP contribution in [0.25, 0.3) is 0 Å². The molecular weight excluding hydrogens is 499 g/mol. The van der Waals surface area contributed by atoms with E-state index in [2.05, 4.69) is 53.0 Å². The Bertz CT molecular complexity index is 752. The van der Waals surface area contributed by atoms with Gasteiger partial charge in [-0.2, -0.15) is 0 Å². The minimum atomic E-state index is 0. The number of aromatic nitrogens is 1. The molecule has 0 saturated carbocycles. The predicted octanol–water partition coefficient (Wildman–Crippen LogP) is 4.09. The molecule has 0 aliphatic carbocycles. The number of aryl methyl sites for hydroxylation is 3. The molecular formula is C21H33IN4O2S. The van der Waals surface area contributed by atoms with Crippen molar-refractivity contribution in [3.05, 3.63) is 45.4 Å². The fraction of sp³-hybridized carbons (Fsp3) is 0.524. The van der Waals surface area contributed by atoms with Gasteiger partial charge in [0, 0.05) is 43.3 Å². The standard InChI is InChI=1S/C21H32N4O2S.HI/c1-5-22-21(23-10-6-7-20-25-17(3)15-28-20)24-14-18-9-8-16(2)13-19(18)27-12-11-26-4;/h8-9,13,15H,5-7,10-12,14H2,1-4H3,(H2,22,23,24);1H. The highest BCUT2D eigenvalue weighted by Crippen LogP contribution is 2.21. The van der Waals surface area contributed by atoms with Crippen LogP contribution in [0.1, 0.15) is 35.2 Å². The van der Waals surface area contributed by atoms with Crippen molar-refractivity contribution in [3.63, 3.8) is 0 Å². The summed E-state index contributed by atoms with van der Waals surface area (Å²) in [6.45, 7) is 9.51. The number of benzene rings is 1. The summed E-state index contributed by atoms with van der Waals surface area (Å²) in [4.78, 5) is 9.23. The average molecular weight is 532 g/mol. The van der Waals surface area contributed by atoms with E-state index in [0.29, 0.717) is 19.8 Å². The molecule has 2 N–H and O–H groups in total. The second kappa shape index (κ2) is 14.6. The van der Waals surface area contributed by atoms with E-state index in [4.69, 9.17) is 14.5 Å². The maximum absolute atomic E-state index is 5.86. The first-order chi connectivity index (χ1) is 13.6. The molecule has 1 heterocycles. The van der Waals surface area contributed by atoms with Crippen molar-refractivity contribution < 1.29 is 9.47 Å². The minimum Gasteiger partial charge on any atom is -0.491 e. The second-order valence-electron chi connectivity index (χ2n) is 6.56. The van der Waals surface area contributed by atoms with Crippen LogP contribution in [0.2, 0.25) is 0 Å². The third-order valence-electron chi connectivity index (χ3n) is 4.05. The zero-order valence-electron chi connectivity index (χ0n) is 17.8. The molecule has 6 nitrogen and oxygen atoms in total. The van der Waals surface area contributed by atoms with E-state index >= 15 is 0 Å². The maximum atomic E-state index is 5.86. The number of aliphatic imine (C=N–C) groups is 1. The highest BCUT2D eigenvalue weighted by molar-refractivity contribution is 14.0. The van der Waals surface area contributed by atoms with Crippen LogP contribution in [-0.4, -0.2) is 44.4 Å². The fourth-order valence-corrected chi connectivity index (χ4v) is 3.45. The molecule has 0 bridgehead atoms. The van der Waals surface area contributed by atoms with Gasteiger partial charge in [-0.15, -0.1) is 35.3 Å². The van der Waals surface area contributed by atoms with E-state index in [1.165, 1.54) is 10.6 Å². The van der Waals surface area contributed by atoms with Crippen LogP contribution in [0.3, 0.4) is 0 Å². The third kappa shape index (κ3) is 9.77. The molecule has 0 spiro atoms. The molecule has 8 heteroatoms. The molecule has 1 aromatic carbocycles. The first-order valence-electron chi connectivity index (χ1n) is 9.76. The molecule has 1 aromatic heterocycles. The molecule has 162 valence electrons. The normalized spacial score (nSPS) is 11.1. The van der Waals surface area contributed by atoms with Crippen LogP contribution in [0.4, 0.5) is 0 Å². The summed E-state index contributed by atoms with van der Waals surface area (Å²) in [5.74, 6) is 1.69. The van der Waals surface area contributed by atoms with Gasteiger partial charge in [0.15, 0.2) is 5.96 Å². The number of ether oxygens (including phenoxy) is 2. The molecule has 2 rings (SSSR count). The Morgan fingerprint density at radius 3 is 2.72 bits per heavy atom. The SMILES string of the molecule is CCNC(=NCc1ccc(C)cc1OCCOC)NCCCc1nc(C)cs1.I. The topological polar surface area (TPSA) is 67.8 Å². The first kappa shape index (κ1) is 25.6. The van der Waals surface area contributed by atoms with Crippen molar-refractivity contribution in [2.45, 2.75) is 40.2 Å². The van der Waals surface area contributed by atoms with E-state index in [1.807, 2.05) is 6.92 Å². The maximum Gasteiger partial charge on any atom is 0.191 e. The number of guanidine groups is 1. The van der Waals surface area contributed by atoms with Crippen molar-refractivity contribution in [1.82, 2.24) is 15.6 Å². The van der Waals surface area contributed by atoms with Gasteiger partial charge in [-0.05, 0) is 38.8 Å². The van der Waals surface area contributed by atoms with Crippen LogP contribution in [0.15, 0.2) is 28.6 Å². The Morgan fingerprint density at radius 2 is 2.03 bits per heavy atom. The van der Waals surface area contributed by atoms with Crippen LogP contribution in [0, 0.1) is 13.8 Å². The number of thiazole rings is 1. The predicted molar refractivity (Wildman–Crippen MR) is 132 cm³/mol. The second-order valence-corrected chi connectivity index (χ2v) is 7.50. The Kier molecular flexibility index (Phi) is 12.9. The lowest BCUT2D eigenvalue weighted by Gasteiger charge is -2.13. The van der Waals surface area contributed by atoms with Crippen molar-refractivity contribution in [1.29, 1.82) is 0 Å². The van der Waals surface area contributed by atoms with Gasteiger partial charge in [0.05, 0.1) is 18.2 Å².